The molecule has 160 valence electrons. The second-order valence-corrected chi connectivity index (χ2v) is 8.61. The van der Waals surface area contributed by atoms with Crippen LogP contribution in [0.4, 0.5) is 10.5 Å². The van der Waals surface area contributed by atoms with E-state index in [1.54, 1.807) is 11.0 Å². The maximum atomic E-state index is 13.0. The Morgan fingerprint density at radius 3 is 2.80 bits per heavy atom. The normalized spacial score (nSPS) is 26.4. The number of likely N-dealkylation sites (tertiary alicyclic amines) is 1. The molecule has 1 spiro atoms. The predicted molar refractivity (Wildman–Crippen MR) is 110 cm³/mol. The molecule has 1 aromatic carbocycles. The van der Waals surface area contributed by atoms with Gasteiger partial charge in [0.1, 0.15) is 12.1 Å². The molecule has 30 heavy (non-hydrogen) atoms. The van der Waals surface area contributed by atoms with Crippen LogP contribution in [0.1, 0.15) is 51.0 Å². The van der Waals surface area contributed by atoms with Crippen LogP contribution >= 0.6 is 0 Å². The average molecular weight is 412 g/mol. The summed E-state index contributed by atoms with van der Waals surface area (Å²) in [7, 11) is 0. The lowest BCUT2D eigenvalue weighted by Crippen LogP contribution is -2.54. The number of amides is 5. The van der Waals surface area contributed by atoms with Crippen molar-refractivity contribution in [1.29, 1.82) is 0 Å². The van der Waals surface area contributed by atoms with Gasteiger partial charge in [-0.25, -0.2) is 4.79 Å². The fraction of sp³-hybridized carbons (Fsp3) is 0.545. The number of hydrogen-bond acceptors (Lipinski definition) is 4. The van der Waals surface area contributed by atoms with E-state index in [1.165, 1.54) is 0 Å². The zero-order chi connectivity index (χ0) is 21.3. The lowest BCUT2D eigenvalue weighted by atomic mass is 9.73. The van der Waals surface area contributed by atoms with Crippen molar-refractivity contribution in [3.05, 3.63) is 29.8 Å². The molecule has 1 saturated carbocycles. The molecule has 4 rings (SSSR count). The molecule has 3 aliphatic rings. The molecular formula is C22H28N4O4. The molecule has 8 heteroatoms. The summed E-state index contributed by atoms with van der Waals surface area (Å²) in [6.07, 6.45) is 4.91. The molecule has 3 fully saturated rings. The summed E-state index contributed by atoms with van der Waals surface area (Å²) in [5, 5.41) is 5.63. The van der Waals surface area contributed by atoms with Crippen molar-refractivity contribution in [2.24, 2.45) is 5.92 Å². The summed E-state index contributed by atoms with van der Waals surface area (Å²) < 4.78 is 0. The van der Waals surface area contributed by atoms with E-state index < -0.39 is 17.5 Å². The van der Waals surface area contributed by atoms with Gasteiger partial charge in [0.2, 0.25) is 11.8 Å². The monoisotopic (exact) mass is 412 g/mol. The number of urea groups is 1. The number of nitrogens with zero attached hydrogens (tertiary/aromatic N) is 2. The van der Waals surface area contributed by atoms with Gasteiger partial charge in [0.25, 0.3) is 5.91 Å². The third kappa shape index (κ3) is 3.78. The molecule has 2 heterocycles. The highest BCUT2D eigenvalue weighted by atomic mass is 16.2. The van der Waals surface area contributed by atoms with Crippen molar-refractivity contribution in [1.82, 2.24) is 15.1 Å². The largest absolute Gasteiger partial charge is 0.338 e. The number of rotatable bonds is 5. The molecule has 5 amide bonds. The predicted octanol–water partition coefficient (Wildman–Crippen LogP) is 2.25. The summed E-state index contributed by atoms with van der Waals surface area (Å²) in [4.78, 5) is 52.7. The molecule has 2 saturated heterocycles. The highest BCUT2D eigenvalue weighted by molar-refractivity contribution is 6.10. The van der Waals surface area contributed by atoms with Gasteiger partial charge in [-0.15, -0.1) is 0 Å². The number of hydrogen-bond donors (Lipinski definition) is 2. The Hall–Kier alpha value is -2.90. The minimum Gasteiger partial charge on any atom is -0.338 e. The highest BCUT2D eigenvalue weighted by Crippen LogP contribution is 2.38. The van der Waals surface area contributed by atoms with Crippen LogP contribution < -0.4 is 10.6 Å². The zero-order valence-corrected chi connectivity index (χ0v) is 17.3. The second kappa shape index (κ2) is 8.08. The number of carbonyl (C=O) groups excluding carboxylic acids is 4. The Bertz CT molecular complexity index is 886. The lowest BCUT2D eigenvalue weighted by Gasteiger charge is -2.36. The molecule has 2 N–H and O–H groups in total. The molecule has 0 unspecified atom stereocenters. The van der Waals surface area contributed by atoms with E-state index in [-0.39, 0.29) is 24.3 Å². The van der Waals surface area contributed by atoms with Gasteiger partial charge in [-0.3, -0.25) is 19.3 Å². The molecule has 0 bridgehead atoms. The molecule has 1 aliphatic carbocycles. The maximum Gasteiger partial charge on any atom is 0.325 e. The van der Waals surface area contributed by atoms with Gasteiger partial charge in [0.15, 0.2) is 0 Å². The number of imide groups is 1. The van der Waals surface area contributed by atoms with Gasteiger partial charge in [0.05, 0.1) is 0 Å². The Balaban J connectivity index is 1.39. The summed E-state index contributed by atoms with van der Waals surface area (Å²) >= 11 is 0. The third-order valence-corrected chi connectivity index (χ3v) is 6.56. The van der Waals surface area contributed by atoms with Gasteiger partial charge < -0.3 is 15.5 Å². The van der Waals surface area contributed by atoms with Gasteiger partial charge in [-0.05, 0) is 42.9 Å². The Morgan fingerprint density at radius 1 is 1.23 bits per heavy atom. The topological polar surface area (TPSA) is 98.8 Å². The quantitative estimate of drug-likeness (QED) is 0.725. The van der Waals surface area contributed by atoms with Gasteiger partial charge in [-0.2, -0.15) is 0 Å². The van der Waals surface area contributed by atoms with E-state index >= 15 is 0 Å². The van der Waals surface area contributed by atoms with E-state index in [2.05, 4.69) is 10.6 Å². The van der Waals surface area contributed by atoms with Crippen molar-refractivity contribution < 1.29 is 19.2 Å². The van der Waals surface area contributed by atoms with E-state index in [0.29, 0.717) is 25.1 Å². The molecule has 2 atom stereocenters. The second-order valence-electron chi connectivity index (χ2n) is 8.61. The lowest BCUT2D eigenvalue weighted by molar-refractivity contribution is -0.136. The summed E-state index contributed by atoms with van der Waals surface area (Å²) in [6.45, 7) is 2.93. The van der Waals surface area contributed by atoms with Crippen LogP contribution in [-0.4, -0.2) is 52.2 Å². The standard InChI is InChI=1S/C22H28N4O4/c1-15-6-2-3-10-22(15)20(29)26(21(30)24-22)14-18(27)23-17-8-4-7-16(12-17)13-25-11-5-9-19(25)28/h4,7-8,12,15H,2-3,5-6,9-11,13-14H2,1H3,(H,23,27)(H,24,30)/t15-,22+/m0/s1. The van der Waals surface area contributed by atoms with E-state index in [1.807, 2.05) is 25.1 Å². The summed E-state index contributed by atoms with van der Waals surface area (Å²) in [5.74, 6) is -0.515. The summed E-state index contributed by atoms with van der Waals surface area (Å²) in [6, 6.07) is 6.81. The Labute approximate surface area is 176 Å². The van der Waals surface area contributed by atoms with E-state index in [4.69, 9.17) is 0 Å². The van der Waals surface area contributed by atoms with Gasteiger partial charge in [-0.1, -0.05) is 31.9 Å². The van der Waals surface area contributed by atoms with E-state index in [9.17, 15) is 19.2 Å². The smallest absolute Gasteiger partial charge is 0.325 e. The molecule has 8 nitrogen and oxygen atoms in total. The molecule has 1 aromatic rings. The van der Waals surface area contributed by atoms with Crippen molar-refractivity contribution in [2.45, 2.75) is 57.5 Å². The van der Waals surface area contributed by atoms with Gasteiger partial charge >= 0.3 is 6.03 Å². The number of carbonyl (C=O) groups is 4. The highest BCUT2D eigenvalue weighted by Gasteiger charge is 2.55. The van der Waals surface area contributed by atoms with Crippen molar-refractivity contribution >= 4 is 29.4 Å². The zero-order valence-electron chi connectivity index (χ0n) is 17.3. The molecule has 0 aromatic heterocycles. The van der Waals surface area contributed by atoms with E-state index in [0.717, 1.165) is 42.7 Å². The van der Waals surface area contributed by atoms with Crippen molar-refractivity contribution in [3.8, 4) is 0 Å². The first-order chi connectivity index (χ1) is 14.4. The minimum absolute atomic E-state index is 0.0562. The minimum atomic E-state index is -0.863. The first kappa shape index (κ1) is 20.4. The van der Waals surface area contributed by atoms with Crippen LogP contribution in [0.3, 0.4) is 0 Å². The molecular weight excluding hydrogens is 384 g/mol. The van der Waals surface area contributed by atoms with Crippen LogP contribution in [0.5, 0.6) is 0 Å². The van der Waals surface area contributed by atoms with Crippen LogP contribution in [-0.2, 0) is 20.9 Å². The maximum absolute atomic E-state index is 13.0. The van der Waals surface area contributed by atoms with Crippen molar-refractivity contribution in [3.63, 3.8) is 0 Å². The SMILES string of the molecule is C[C@H]1CCCC[C@@]12NC(=O)N(CC(=O)Nc1cccc(CN3CCCC3=O)c1)C2=O. The van der Waals surface area contributed by atoms with Crippen LogP contribution in [0.15, 0.2) is 24.3 Å². The fourth-order valence-electron chi connectivity index (χ4n) is 4.82. The number of benzene rings is 1. The van der Waals surface area contributed by atoms with Crippen molar-refractivity contribution in [2.75, 3.05) is 18.4 Å². The number of nitrogens with one attached hydrogen (secondary N) is 2. The molecule has 0 radical (unpaired) electrons. The average Bonchev–Trinajstić information content (AvgIpc) is 3.21. The Kier molecular flexibility index (Phi) is 5.49. The first-order valence-corrected chi connectivity index (χ1v) is 10.7. The van der Waals surface area contributed by atoms with Gasteiger partial charge in [0, 0.05) is 25.2 Å². The third-order valence-electron chi connectivity index (χ3n) is 6.56. The Morgan fingerprint density at radius 2 is 2.07 bits per heavy atom. The van der Waals surface area contributed by atoms with Crippen LogP contribution in [0.2, 0.25) is 0 Å². The fourth-order valence-corrected chi connectivity index (χ4v) is 4.82. The first-order valence-electron chi connectivity index (χ1n) is 10.7. The van der Waals surface area contributed by atoms with Crippen LogP contribution in [0, 0.1) is 5.92 Å². The molecule has 2 aliphatic heterocycles. The summed E-state index contributed by atoms with van der Waals surface area (Å²) in [5.41, 5.74) is 0.641. The van der Waals surface area contributed by atoms with Crippen LogP contribution in [0.25, 0.3) is 0 Å². The number of anilines is 1.